The number of benzene rings is 1. The number of para-hydroxylation sites is 1. The number of aromatic nitrogens is 2. The highest BCUT2D eigenvalue weighted by molar-refractivity contribution is 5.67. The van der Waals surface area contributed by atoms with Crippen LogP contribution in [0.3, 0.4) is 0 Å². The number of hydrogen-bond acceptors (Lipinski definition) is 4. The number of rotatable bonds is 5. The highest BCUT2D eigenvalue weighted by Crippen LogP contribution is 2.13. The van der Waals surface area contributed by atoms with E-state index >= 15 is 0 Å². The number of nitrogens with one attached hydrogen (secondary N) is 1. The zero-order valence-corrected chi connectivity index (χ0v) is 14.9. The van der Waals surface area contributed by atoms with Crippen LogP contribution < -0.4 is 5.32 Å². The van der Waals surface area contributed by atoms with Crippen LogP contribution in [0.15, 0.2) is 42.6 Å². The van der Waals surface area contributed by atoms with Crippen LogP contribution in [-0.2, 0) is 11.3 Å². The van der Waals surface area contributed by atoms with E-state index in [2.05, 4.69) is 10.4 Å². The monoisotopic (exact) mass is 342 g/mol. The minimum atomic E-state index is -0.199. The van der Waals surface area contributed by atoms with Crippen LogP contribution >= 0.6 is 0 Å². The van der Waals surface area contributed by atoms with Gasteiger partial charge in [-0.2, -0.15) is 5.10 Å². The first-order valence-electron chi connectivity index (χ1n) is 8.91. The predicted octanol–water partition coefficient (Wildman–Crippen LogP) is 2.97. The van der Waals surface area contributed by atoms with Gasteiger partial charge < -0.3 is 15.0 Å². The fraction of sp³-hybridized carbons (Fsp3) is 0.474. The Morgan fingerprint density at radius 1 is 1.24 bits per heavy atom. The number of carbonyl (C=O) groups is 1. The van der Waals surface area contributed by atoms with Gasteiger partial charge in [0.25, 0.3) is 0 Å². The molecule has 1 aliphatic rings. The van der Waals surface area contributed by atoms with Gasteiger partial charge in [-0.1, -0.05) is 18.2 Å². The van der Waals surface area contributed by atoms with Gasteiger partial charge >= 0.3 is 6.09 Å². The van der Waals surface area contributed by atoms with E-state index in [0.717, 1.165) is 43.9 Å². The summed E-state index contributed by atoms with van der Waals surface area (Å²) in [5.74, 6) is 0. The van der Waals surface area contributed by atoms with Gasteiger partial charge in [-0.15, -0.1) is 0 Å². The zero-order valence-electron chi connectivity index (χ0n) is 14.9. The molecule has 1 fully saturated rings. The number of hydrogen-bond donors (Lipinski definition) is 1. The molecule has 0 spiro atoms. The second-order valence-corrected chi connectivity index (χ2v) is 6.66. The molecule has 0 bridgehead atoms. The Bertz CT molecular complexity index is 676. The lowest BCUT2D eigenvalue weighted by molar-refractivity contribution is 0.0677. The first-order chi connectivity index (χ1) is 12.1. The molecule has 1 aliphatic heterocycles. The van der Waals surface area contributed by atoms with E-state index in [4.69, 9.17) is 4.74 Å². The number of carbonyl (C=O) groups excluding carboxylic acids is 1. The lowest BCUT2D eigenvalue weighted by atomic mass is 10.1. The van der Waals surface area contributed by atoms with Gasteiger partial charge in [0.1, 0.15) is 0 Å². The Morgan fingerprint density at radius 2 is 1.96 bits per heavy atom. The van der Waals surface area contributed by atoms with Crippen LogP contribution in [0.2, 0.25) is 0 Å². The maximum atomic E-state index is 11.9. The third-order valence-electron chi connectivity index (χ3n) is 4.33. The highest BCUT2D eigenvalue weighted by Gasteiger charge is 2.24. The second-order valence-electron chi connectivity index (χ2n) is 6.66. The maximum Gasteiger partial charge on any atom is 0.410 e. The Labute approximate surface area is 148 Å². The molecule has 3 rings (SSSR count). The molecular formula is C19H26N4O2. The zero-order chi connectivity index (χ0) is 17.6. The smallest absolute Gasteiger partial charge is 0.410 e. The lowest BCUT2D eigenvalue weighted by Crippen LogP contribution is -2.45. The molecule has 0 aliphatic carbocycles. The van der Waals surface area contributed by atoms with E-state index in [9.17, 15) is 4.79 Å². The molecule has 0 saturated carbocycles. The van der Waals surface area contributed by atoms with E-state index in [0.29, 0.717) is 6.04 Å². The van der Waals surface area contributed by atoms with E-state index in [1.54, 1.807) is 4.90 Å². The van der Waals surface area contributed by atoms with Gasteiger partial charge in [0.15, 0.2) is 0 Å². The average Bonchev–Trinajstić information content (AvgIpc) is 3.10. The summed E-state index contributed by atoms with van der Waals surface area (Å²) in [5.41, 5.74) is 2.08. The van der Waals surface area contributed by atoms with E-state index < -0.39 is 0 Å². The summed E-state index contributed by atoms with van der Waals surface area (Å²) in [6, 6.07) is 12.5. The first kappa shape index (κ1) is 17.5. The average molecular weight is 342 g/mol. The molecule has 1 aromatic heterocycles. The minimum Gasteiger partial charge on any atom is -0.447 e. The Morgan fingerprint density at radius 3 is 2.64 bits per heavy atom. The second kappa shape index (κ2) is 8.16. The topological polar surface area (TPSA) is 59.4 Å². The molecule has 1 saturated heterocycles. The number of likely N-dealkylation sites (tertiary alicyclic amines) is 1. The third-order valence-corrected chi connectivity index (χ3v) is 4.33. The Hall–Kier alpha value is -2.34. The normalized spacial score (nSPS) is 15.6. The first-order valence-corrected chi connectivity index (χ1v) is 8.91. The van der Waals surface area contributed by atoms with Crippen molar-refractivity contribution in [3.8, 4) is 5.69 Å². The van der Waals surface area contributed by atoms with Crippen molar-refractivity contribution in [3.05, 3.63) is 48.3 Å². The van der Waals surface area contributed by atoms with Crippen LogP contribution in [0.4, 0.5) is 4.79 Å². The van der Waals surface area contributed by atoms with Crippen LogP contribution in [-0.4, -0.2) is 46.0 Å². The summed E-state index contributed by atoms with van der Waals surface area (Å²) in [7, 11) is 0. The predicted molar refractivity (Wildman–Crippen MR) is 96.6 cm³/mol. The Balaban J connectivity index is 1.45. The molecule has 6 nitrogen and oxygen atoms in total. The van der Waals surface area contributed by atoms with Gasteiger partial charge in [0, 0.05) is 31.9 Å². The molecule has 25 heavy (non-hydrogen) atoms. The molecule has 134 valence electrons. The molecule has 0 unspecified atom stereocenters. The fourth-order valence-corrected chi connectivity index (χ4v) is 2.97. The fourth-order valence-electron chi connectivity index (χ4n) is 2.97. The summed E-state index contributed by atoms with van der Waals surface area (Å²) in [6.07, 6.45) is 3.59. The highest BCUT2D eigenvalue weighted by atomic mass is 16.6. The van der Waals surface area contributed by atoms with E-state index in [1.807, 2.05) is 61.1 Å². The number of amides is 1. The van der Waals surface area contributed by atoms with Crippen LogP contribution in [0, 0.1) is 0 Å². The van der Waals surface area contributed by atoms with Crippen molar-refractivity contribution in [1.29, 1.82) is 0 Å². The molecule has 2 heterocycles. The maximum absolute atomic E-state index is 11.9. The van der Waals surface area contributed by atoms with Gasteiger partial charge in [-0.05, 0) is 44.9 Å². The van der Waals surface area contributed by atoms with Crippen LogP contribution in [0.5, 0.6) is 0 Å². The van der Waals surface area contributed by atoms with Gasteiger partial charge in [-0.25, -0.2) is 9.48 Å². The molecule has 1 amide bonds. The summed E-state index contributed by atoms with van der Waals surface area (Å²) in [6.45, 7) is 5.96. The van der Waals surface area contributed by atoms with E-state index in [1.165, 1.54) is 0 Å². The standard InChI is InChI=1S/C19H26N4O2/c1-15(2)25-19(24)22-11-8-16(9-12-22)20-14-17-10-13-23(21-17)18-6-4-3-5-7-18/h3-7,10,13,15-16,20H,8-9,11-12,14H2,1-2H3. The minimum absolute atomic E-state index is 0.0666. The molecule has 2 aromatic rings. The largest absolute Gasteiger partial charge is 0.447 e. The van der Waals surface area contributed by atoms with Crippen molar-refractivity contribution in [3.63, 3.8) is 0 Å². The van der Waals surface area contributed by atoms with Crippen LogP contribution in [0.1, 0.15) is 32.4 Å². The number of ether oxygens (including phenoxy) is 1. The molecule has 6 heteroatoms. The van der Waals surface area contributed by atoms with Crippen molar-refractivity contribution in [1.82, 2.24) is 20.0 Å². The van der Waals surface area contributed by atoms with Gasteiger partial charge in [0.05, 0.1) is 17.5 Å². The number of nitrogens with zero attached hydrogens (tertiary/aromatic N) is 3. The molecule has 1 N–H and O–H groups in total. The summed E-state index contributed by atoms with van der Waals surface area (Å²) >= 11 is 0. The lowest BCUT2D eigenvalue weighted by Gasteiger charge is -2.32. The number of piperidine rings is 1. The summed E-state index contributed by atoms with van der Waals surface area (Å²) < 4.78 is 7.14. The molecular weight excluding hydrogens is 316 g/mol. The molecule has 0 radical (unpaired) electrons. The van der Waals surface area contributed by atoms with E-state index in [-0.39, 0.29) is 12.2 Å². The molecule has 1 aromatic carbocycles. The third kappa shape index (κ3) is 4.82. The quantitative estimate of drug-likeness (QED) is 0.907. The van der Waals surface area contributed by atoms with Crippen molar-refractivity contribution in [2.45, 2.75) is 45.4 Å². The van der Waals surface area contributed by atoms with Crippen molar-refractivity contribution in [2.75, 3.05) is 13.1 Å². The van der Waals surface area contributed by atoms with Crippen molar-refractivity contribution in [2.24, 2.45) is 0 Å². The van der Waals surface area contributed by atoms with Crippen LogP contribution in [0.25, 0.3) is 5.69 Å². The molecule has 0 atom stereocenters. The van der Waals surface area contributed by atoms with Crippen molar-refractivity contribution >= 4 is 6.09 Å². The van der Waals surface area contributed by atoms with Crippen molar-refractivity contribution < 1.29 is 9.53 Å². The van der Waals surface area contributed by atoms with Gasteiger partial charge in [0.2, 0.25) is 0 Å². The summed E-state index contributed by atoms with van der Waals surface area (Å²) in [5, 5.41) is 8.16. The van der Waals surface area contributed by atoms with Gasteiger partial charge in [-0.3, -0.25) is 0 Å². The summed E-state index contributed by atoms with van der Waals surface area (Å²) in [4.78, 5) is 13.7. The Kier molecular flexibility index (Phi) is 5.71. The SMILES string of the molecule is CC(C)OC(=O)N1CCC(NCc2ccn(-c3ccccc3)n2)CC1.